The predicted molar refractivity (Wildman–Crippen MR) is 147 cm³/mol. The summed E-state index contributed by atoms with van der Waals surface area (Å²) in [6, 6.07) is 39.2. The third-order valence-electron chi connectivity index (χ3n) is 6.80. The molecule has 1 radical (unpaired) electrons. The molecule has 35 heavy (non-hydrogen) atoms. The summed E-state index contributed by atoms with van der Waals surface area (Å²) in [6.07, 6.45) is 10.6. The number of nitrogens with zero attached hydrogens (tertiary/aromatic N) is 1. The van der Waals surface area contributed by atoms with Crippen molar-refractivity contribution >= 4 is 22.0 Å². The molecule has 0 saturated heterocycles. The number of hydrogen-bond donors (Lipinski definition) is 0. The molecule has 0 unspecified atom stereocenters. The van der Waals surface area contributed by atoms with Crippen molar-refractivity contribution in [2.45, 2.75) is 6.42 Å². The molecule has 6 rings (SSSR count). The van der Waals surface area contributed by atoms with Crippen molar-refractivity contribution in [2.75, 3.05) is 0 Å². The molecular weight excluding hydrogens is 422 g/mol. The lowest BCUT2D eigenvalue weighted by Gasteiger charge is -2.13. The highest BCUT2D eigenvalue weighted by atomic mass is 15.0. The van der Waals surface area contributed by atoms with Gasteiger partial charge in [0.05, 0.1) is 5.69 Å². The maximum Gasteiger partial charge on any atom is 0.0568 e. The van der Waals surface area contributed by atoms with Crippen molar-refractivity contribution in [1.29, 1.82) is 0 Å². The quantitative estimate of drug-likeness (QED) is 0.294. The summed E-state index contributed by atoms with van der Waals surface area (Å²) >= 11 is 0. The molecule has 5 aromatic rings. The van der Waals surface area contributed by atoms with Crippen molar-refractivity contribution < 1.29 is 0 Å². The van der Waals surface area contributed by atoms with Crippen LogP contribution in [0.5, 0.6) is 0 Å². The molecule has 0 bridgehead atoms. The summed E-state index contributed by atoms with van der Waals surface area (Å²) in [6.45, 7) is 0. The van der Waals surface area contributed by atoms with Crippen molar-refractivity contribution in [3.8, 4) is 11.3 Å². The van der Waals surface area contributed by atoms with Gasteiger partial charge in [-0.3, -0.25) is 0 Å². The van der Waals surface area contributed by atoms with E-state index in [4.69, 9.17) is 0 Å². The first-order valence-electron chi connectivity index (χ1n) is 12.1. The Labute approximate surface area is 206 Å². The second-order valence-corrected chi connectivity index (χ2v) is 8.91. The maximum absolute atomic E-state index is 3.40. The standard InChI is InChI=1S/C34H26N/c1-35-31-20-12-11-19-30(31)33(34(35)29-17-9-4-10-18-29)32(27-15-7-3-8-16-27)28-23-21-26(22-24-28)25-13-5-2-6-14-25/h2-12,15-24H,13H2,1H3. The fourth-order valence-electron chi connectivity index (χ4n) is 5.14. The van der Waals surface area contributed by atoms with Crippen LogP contribution in [0, 0.1) is 6.08 Å². The van der Waals surface area contributed by atoms with Gasteiger partial charge >= 0.3 is 0 Å². The summed E-state index contributed by atoms with van der Waals surface area (Å²) in [4.78, 5) is 0. The lowest BCUT2D eigenvalue weighted by Crippen LogP contribution is -2.14. The first kappa shape index (κ1) is 21.2. The highest BCUT2D eigenvalue weighted by Crippen LogP contribution is 2.39. The molecule has 1 aliphatic carbocycles. The number of para-hydroxylation sites is 1. The monoisotopic (exact) mass is 448 g/mol. The molecular formula is C34H26N. The second kappa shape index (κ2) is 9.12. The zero-order valence-corrected chi connectivity index (χ0v) is 19.8. The Balaban J connectivity index is 1.72. The van der Waals surface area contributed by atoms with Gasteiger partial charge in [-0.25, -0.2) is 0 Å². The van der Waals surface area contributed by atoms with Gasteiger partial charge in [0.15, 0.2) is 0 Å². The van der Waals surface area contributed by atoms with Crippen molar-refractivity contribution in [3.63, 3.8) is 0 Å². The highest BCUT2D eigenvalue weighted by Gasteiger charge is 2.21. The summed E-state index contributed by atoms with van der Waals surface area (Å²) < 4.78 is 2.33. The van der Waals surface area contributed by atoms with E-state index in [0.29, 0.717) is 0 Å². The fraction of sp³-hybridized carbons (Fsp3) is 0.0588. The van der Waals surface area contributed by atoms with Gasteiger partial charge in [-0.2, -0.15) is 0 Å². The summed E-state index contributed by atoms with van der Waals surface area (Å²) in [5, 5.41) is 3.70. The van der Waals surface area contributed by atoms with E-state index in [-0.39, 0.29) is 0 Å². The number of hydrogen-bond acceptors (Lipinski definition) is 0. The third-order valence-corrected chi connectivity index (χ3v) is 6.80. The zero-order chi connectivity index (χ0) is 23.6. The van der Waals surface area contributed by atoms with E-state index in [2.05, 4.69) is 139 Å². The van der Waals surface area contributed by atoms with Crippen molar-refractivity contribution in [3.05, 3.63) is 155 Å². The van der Waals surface area contributed by atoms with Gasteiger partial charge < -0.3 is 4.57 Å². The van der Waals surface area contributed by atoms with Crippen LogP contribution < -0.4 is 10.4 Å². The van der Waals surface area contributed by atoms with Crippen LogP contribution in [0.25, 0.3) is 33.3 Å². The van der Waals surface area contributed by atoms with Crippen LogP contribution in [0.2, 0.25) is 0 Å². The summed E-state index contributed by atoms with van der Waals surface area (Å²) in [5.41, 5.74) is 8.65. The van der Waals surface area contributed by atoms with Gasteiger partial charge in [-0.1, -0.05) is 121 Å². The van der Waals surface area contributed by atoms with Crippen molar-refractivity contribution in [2.24, 2.45) is 7.05 Å². The molecule has 0 fully saturated rings. The summed E-state index contributed by atoms with van der Waals surface area (Å²) in [5.74, 6) is 0. The van der Waals surface area contributed by atoms with Gasteiger partial charge in [0.2, 0.25) is 0 Å². The van der Waals surface area contributed by atoms with E-state index >= 15 is 0 Å². The highest BCUT2D eigenvalue weighted by molar-refractivity contribution is 6.04. The van der Waals surface area contributed by atoms with E-state index in [1.165, 1.54) is 54.9 Å². The Kier molecular flexibility index (Phi) is 5.52. The number of allylic oxidation sites excluding steroid dienone is 4. The Morgan fingerprint density at radius 2 is 1.43 bits per heavy atom. The normalized spacial score (nSPS) is 12.9. The molecule has 0 amide bonds. The molecule has 0 N–H and O–H groups in total. The van der Waals surface area contributed by atoms with Crippen molar-refractivity contribution in [1.82, 2.24) is 4.57 Å². The van der Waals surface area contributed by atoms with Crippen LogP contribution >= 0.6 is 0 Å². The van der Waals surface area contributed by atoms with E-state index in [0.717, 1.165) is 6.42 Å². The largest absolute Gasteiger partial charge is 0.343 e. The number of aryl methyl sites for hydroxylation is 1. The Morgan fingerprint density at radius 1 is 0.743 bits per heavy atom. The molecule has 0 atom stereocenters. The van der Waals surface area contributed by atoms with Gasteiger partial charge in [0.25, 0.3) is 0 Å². The average molecular weight is 449 g/mol. The van der Waals surface area contributed by atoms with Crippen LogP contribution in [0.3, 0.4) is 0 Å². The molecule has 4 aromatic carbocycles. The van der Waals surface area contributed by atoms with Gasteiger partial charge in [-0.15, -0.1) is 0 Å². The Hall–Kier alpha value is -4.36. The third kappa shape index (κ3) is 3.86. The minimum Gasteiger partial charge on any atom is -0.343 e. The minimum atomic E-state index is 0.923. The molecule has 0 aliphatic heterocycles. The van der Waals surface area contributed by atoms with Crippen LogP contribution in [0.15, 0.2) is 127 Å². The Morgan fingerprint density at radius 3 is 2.14 bits per heavy atom. The molecule has 1 aliphatic rings. The maximum atomic E-state index is 3.40. The first-order valence-corrected chi connectivity index (χ1v) is 12.1. The Bertz CT molecular complexity index is 1670. The van der Waals surface area contributed by atoms with Crippen LogP contribution in [-0.2, 0) is 7.05 Å². The predicted octanol–water partition coefficient (Wildman–Crippen LogP) is 6.56. The van der Waals surface area contributed by atoms with E-state index in [1.54, 1.807) is 0 Å². The van der Waals surface area contributed by atoms with Gasteiger partial charge in [-0.05, 0) is 51.3 Å². The van der Waals surface area contributed by atoms with Gasteiger partial charge in [0.1, 0.15) is 0 Å². The number of benzene rings is 4. The smallest absolute Gasteiger partial charge is 0.0568 e. The molecule has 1 heteroatoms. The number of rotatable bonds is 3. The first-order chi connectivity index (χ1) is 17.3. The number of aromatic nitrogens is 1. The van der Waals surface area contributed by atoms with Gasteiger partial charge in [0, 0.05) is 23.5 Å². The average Bonchev–Trinajstić information content (AvgIpc) is 3.23. The van der Waals surface area contributed by atoms with E-state index < -0.39 is 0 Å². The molecule has 1 heterocycles. The molecule has 1 aromatic heterocycles. The summed E-state index contributed by atoms with van der Waals surface area (Å²) in [7, 11) is 2.18. The molecule has 1 nitrogen and oxygen atoms in total. The molecule has 0 spiro atoms. The molecule has 0 saturated carbocycles. The minimum absolute atomic E-state index is 0.923. The topological polar surface area (TPSA) is 4.93 Å². The lowest BCUT2D eigenvalue weighted by molar-refractivity contribution is 0.976. The second-order valence-electron chi connectivity index (χ2n) is 8.91. The molecule has 167 valence electrons. The fourth-order valence-corrected chi connectivity index (χ4v) is 5.14. The SMILES string of the molecule is Cn1c(-c2ccccc2)c(C(c2ccccc2)=c2ccc(=C3[C]=CC=CC3)cc2)c2ccccc21. The zero-order valence-electron chi connectivity index (χ0n) is 19.8. The van der Waals surface area contributed by atoms with E-state index in [9.17, 15) is 0 Å². The van der Waals surface area contributed by atoms with E-state index in [1.807, 2.05) is 6.08 Å². The van der Waals surface area contributed by atoms with Crippen LogP contribution in [0.1, 0.15) is 17.5 Å². The number of fused-ring (bicyclic) bond motifs is 1. The van der Waals surface area contributed by atoms with Crippen LogP contribution in [-0.4, -0.2) is 4.57 Å². The van der Waals surface area contributed by atoms with Crippen LogP contribution in [0.4, 0.5) is 0 Å². The lowest BCUT2D eigenvalue weighted by atomic mass is 9.91.